The van der Waals surface area contributed by atoms with Crippen molar-refractivity contribution in [1.29, 1.82) is 0 Å². The predicted octanol–water partition coefficient (Wildman–Crippen LogP) is 4.78. The van der Waals surface area contributed by atoms with Crippen molar-refractivity contribution in [2.24, 2.45) is 5.92 Å². The molecule has 0 unspecified atom stereocenters. The lowest BCUT2D eigenvalue weighted by molar-refractivity contribution is -0.124. The quantitative estimate of drug-likeness (QED) is 0.800. The number of hydrogen-bond donors (Lipinski definition) is 0. The monoisotopic (exact) mass is 306 g/mol. The zero-order valence-electron chi connectivity index (χ0n) is 9.72. The number of carbonyl (C=O) groups is 1. The maximum Gasteiger partial charge on any atom is 0.173 e. The maximum absolute atomic E-state index is 11.9. The van der Waals surface area contributed by atoms with Crippen LogP contribution in [0.4, 0.5) is 0 Å². The Morgan fingerprint density at radius 2 is 1.72 bits per heavy atom. The number of ether oxygens (including phenoxy) is 1. The third-order valence-electron chi connectivity index (χ3n) is 3.13. The van der Waals surface area contributed by atoms with Gasteiger partial charge in [0.25, 0.3) is 0 Å². The second-order valence-electron chi connectivity index (χ2n) is 4.43. The highest BCUT2D eigenvalue weighted by Crippen LogP contribution is 2.36. The van der Waals surface area contributed by atoms with Crippen LogP contribution in [-0.2, 0) is 4.79 Å². The van der Waals surface area contributed by atoms with E-state index in [4.69, 9.17) is 39.5 Å². The largest absolute Gasteiger partial charge is 0.483 e. The van der Waals surface area contributed by atoms with Crippen LogP contribution in [0, 0.1) is 5.92 Å². The Labute approximate surface area is 121 Å². The standard InChI is InChI=1S/C13H13Cl3O2/c14-9-5-10(15)13(11(16)6-9)18-7-12(17)8-3-1-2-4-8/h5-6,8H,1-4,7H2. The molecular weight excluding hydrogens is 295 g/mol. The molecule has 5 heteroatoms. The van der Waals surface area contributed by atoms with Gasteiger partial charge in [0, 0.05) is 10.9 Å². The highest BCUT2D eigenvalue weighted by Gasteiger charge is 2.23. The minimum atomic E-state index is 0.0196. The first kappa shape index (κ1) is 14.0. The molecule has 0 bridgehead atoms. The number of benzene rings is 1. The zero-order chi connectivity index (χ0) is 13.1. The molecule has 2 rings (SSSR count). The first-order chi connectivity index (χ1) is 8.58. The SMILES string of the molecule is O=C(COc1c(Cl)cc(Cl)cc1Cl)C1CCCC1. The number of halogens is 3. The van der Waals surface area contributed by atoms with Crippen LogP contribution in [0.3, 0.4) is 0 Å². The normalized spacial score (nSPS) is 15.9. The Kier molecular flexibility index (Phi) is 4.77. The highest BCUT2D eigenvalue weighted by atomic mass is 35.5. The van der Waals surface area contributed by atoms with Crippen LogP contribution >= 0.6 is 34.8 Å². The van der Waals surface area contributed by atoms with Crippen LogP contribution in [0.25, 0.3) is 0 Å². The number of Topliss-reactive ketones (excluding diaryl/α,β-unsaturated/α-hetero) is 1. The van der Waals surface area contributed by atoms with Crippen molar-refractivity contribution in [3.8, 4) is 5.75 Å². The van der Waals surface area contributed by atoms with Crippen molar-refractivity contribution in [3.05, 3.63) is 27.2 Å². The van der Waals surface area contributed by atoms with Gasteiger partial charge in [0.15, 0.2) is 11.5 Å². The number of ketones is 1. The topological polar surface area (TPSA) is 26.3 Å². The Balaban J connectivity index is 1.99. The van der Waals surface area contributed by atoms with Gasteiger partial charge >= 0.3 is 0 Å². The predicted molar refractivity (Wildman–Crippen MR) is 73.9 cm³/mol. The van der Waals surface area contributed by atoms with E-state index in [0.717, 1.165) is 25.7 Å². The smallest absolute Gasteiger partial charge is 0.173 e. The lowest BCUT2D eigenvalue weighted by Gasteiger charge is -2.12. The van der Waals surface area contributed by atoms with Crippen molar-refractivity contribution in [3.63, 3.8) is 0 Å². The summed E-state index contributed by atoms with van der Waals surface area (Å²) in [5.74, 6) is 0.582. The highest BCUT2D eigenvalue weighted by molar-refractivity contribution is 6.40. The molecule has 0 saturated heterocycles. The third-order valence-corrected chi connectivity index (χ3v) is 3.91. The zero-order valence-corrected chi connectivity index (χ0v) is 12.0. The lowest BCUT2D eigenvalue weighted by atomic mass is 10.0. The summed E-state index contributed by atoms with van der Waals surface area (Å²) in [6.07, 6.45) is 4.17. The van der Waals surface area contributed by atoms with Crippen molar-refractivity contribution < 1.29 is 9.53 Å². The number of carbonyl (C=O) groups excluding carboxylic acids is 1. The number of rotatable bonds is 4. The second kappa shape index (κ2) is 6.14. The summed E-state index contributed by atoms with van der Waals surface area (Å²) in [6.45, 7) is 0.0196. The van der Waals surface area contributed by atoms with E-state index < -0.39 is 0 Å². The summed E-state index contributed by atoms with van der Waals surface area (Å²) < 4.78 is 5.42. The number of hydrogen-bond acceptors (Lipinski definition) is 2. The molecule has 1 aliphatic rings. The summed E-state index contributed by atoms with van der Waals surface area (Å²) in [6, 6.07) is 3.09. The molecule has 1 fully saturated rings. The van der Waals surface area contributed by atoms with E-state index in [9.17, 15) is 4.79 Å². The fraction of sp³-hybridized carbons (Fsp3) is 0.462. The molecule has 1 saturated carbocycles. The minimum Gasteiger partial charge on any atom is -0.483 e. The Morgan fingerprint density at radius 1 is 1.17 bits per heavy atom. The average molecular weight is 308 g/mol. The van der Waals surface area contributed by atoms with E-state index in [-0.39, 0.29) is 18.3 Å². The first-order valence-electron chi connectivity index (χ1n) is 5.88. The van der Waals surface area contributed by atoms with Crippen molar-refractivity contribution >= 4 is 40.6 Å². The molecule has 1 aliphatic carbocycles. The van der Waals surface area contributed by atoms with Crippen LogP contribution < -0.4 is 4.74 Å². The summed E-state index contributed by atoms with van der Waals surface area (Å²) in [4.78, 5) is 11.9. The van der Waals surface area contributed by atoms with Gasteiger partial charge in [-0.1, -0.05) is 47.6 Å². The molecule has 0 atom stereocenters. The van der Waals surface area contributed by atoms with E-state index in [1.54, 1.807) is 12.1 Å². The van der Waals surface area contributed by atoms with Gasteiger partial charge in [-0.15, -0.1) is 0 Å². The van der Waals surface area contributed by atoms with E-state index in [2.05, 4.69) is 0 Å². The maximum atomic E-state index is 11.9. The summed E-state index contributed by atoms with van der Waals surface area (Å²) in [5, 5.41) is 1.10. The third kappa shape index (κ3) is 3.31. The lowest BCUT2D eigenvalue weighted by Crippen LogP contribution is -2.19. The minimum absolute atomic E-state index is 0.0196. The van der Waals surface area contributed by atoms with Crippen LogP contribution in [0.15, 0.2) is 12.1 Å². The molecule has 0 amide bonds. The molecule has 0 N–H and O–H groups in total. The molecule has 0 aromatic heterocycles. The van der Waals surface area contributed by atoms with E-state index >= 15 is 0 Å². The van der Waals surface area contributed by atoms with Gasteiger partial charge in [-0.3, -0.25) is 4.79 Å². The van der Waals surface area contributed by atoms with E-state index in [0.29, 0.717) is 20.8 Å². The first-order valence-corrected chi connectivity index (χ1v) is 7.01. The van der Waals surface area contributed by atoms with Gasteiger partial charge < -0.3 is 4.74 Å². The van der Waals surface area contributed by atoms with Gasteiger partial charge in [-0.05, 0) is 25.0 Å². The van der Waals surface area contributed by atoms with Gasteiger partial charge in [-0.2, -0.15) is 0 Å². The molecule has 0 spiro atoms. The molecule has 1 aromatic rings. The average Bonchev–Trinajstić information content (AvgIpc) is 2.80. The van der Waals surface area contributed by atoms with Gasteiger partial charge in [0.05, 0.1) is 10.0 Å². The van der Waals surface area contributed by atoms with Crippen molar-refractivity contribution in [2.75, 3.05) is 6.61 Å². The van der Waals surface area contributed by atoms with E-state index in [1.807, 2.05) is 0 Å². The van der Waals surface area contributed by atoms with Crippen LogP contribution in [0.1, 0.15) is 25.7 Å². The Bertz CT molecular complexity index is 431. The molecule has 2 nitrogen and oxygen atoms in total. The van der Waals surface area contributed by atoms with Gasteiger partial charge in [0.1, 0.15) is 6.61 Å². The van der Waals surface area contributed by atoms with Gasteiger partial charge in [-0.25, -0.2) is 0 Å². The summed E-state index contributed by atoms with van der Waals surface area (Å²) >= 11 is 17.7. The molecule has 0 aliphatic heterocycles. The fourth-order valence-electron chi connectivity index (χ4n) is 2.18. The van der Waals surface area contributed by atoms with E-state index in [1.165, 1.54) is 0 Å². The molecule has 0 radical (unpaired) electrons. The fourth-order valence-corrected chi connectivity index (χ4v) is 3.10. The Morgan fingerprint density at radius 3 is 2.28 bits per heavy atom. The van der Waals surface area contributed by atoms with Crippen molar-refractivity contribution in [1.82, 2.24) is 0 Å². The second-order valence-corrected chi connectivity index (χ2v) is 5.69. The van der Waals surface area contributed by atoms with Crippen LogP contribution in [0.2, 0.25) is 15.1 Å². The van der Waals surface area contributed by atoms with Crippen molar-refractivity contribution in [2.45, 2.75) is 25.7 Å². The molecule has 18 heavy (non-hydrogen) atoms. The summed E-state index contributed by atoms with van der Waals surface area (Å²) in [7, 11) is 0. The Hall–Kier alpha value is -0.440. The molecule has 98 valence electrons. The molecule has 1 aromatic carbocycles. The molecule has 0 heterocycles. The summed E-state index contributed by atoms with van der Waals surface area (Å²) in [5.41, 5.74) is 0. The van der Waals surface area contributed by atoms with Gasteiger partial charge in [0.2, 0.25) is 0 Å². The molecular formula is C13H13Cl3O2. The van der Waals surface area contributed by atoms with Crippen LogP contribution in [-0.4, -0.2) is 12.4 Å². The van der Waals surface area contributed by atoms with Crippen LogP contribution in [0.5, 0.6) is 5.75 Å².